The predicted molar refractivity (Wildman–Crippen MR) is 119 cm³/mol. The van der Waals surface area contributed by atoms with Crippen molar-refractivity contribution in [1.29, 1.82) is 0 Å². The lowest BCUT2D eigenvalue weighted by Gasteiger charge is -2.24. The number of carbonyl (C=O) groups is 2. The number of benzene rings is 2. The highest BCUT2D eigenvalue weighted by Crippen LogP contribution is 2.16. The van der Waals surface area contributed by atoms with Crippen LogP contribution in [0.25, 0.3) is 6.08 Å². The minimum atomic E-state index is -4.07. The molecule has 0 radical (unpaired) electrons. The summed E-state index contributed by atoms with van der Waals surface area (Å²) >= 11 is 0. The van der Waals surface area contributed by atoms with Crippen LogP contribution in [0.15, 0.2) is 60.0 Å². The zero-order chi connectivity index (χ0) is 22.1. The van der Waals surface area contributed by atoms with Crippen molar-refractivity contribution in [3.63, 3.8) is 0 Å². The van der Waals surface area contributed by atoms with E-state index in [4.69, 9.17) is 5.73 Å². The molecule has 1 unspecified atom stereocenters. The van der Waals surface area contributed by atoms with Crippen molar-refractivity contribution in [2.45, 2.75) is 20.3 Å². The van der Waals surface area contributed by atoms with Crippen LogP contribution in [0.1, 0.15) is 25.0 Å². The standard InChI is InChI=1S/C22H27N3O4S/c1-3-25(4-2)22(27)20(16-18-11-8-12-19(23)15-18)21(26)24-30(28,29)14-13-17-9-6-5-7-10-17/h5-15,20H,3-4,16,23H2,1-2H3,(H,24,26)/b14-13+. The van der Waals surface area contributed by atoms with Gasteiger partial charge in [0.05, 0.1) is 5.41 Å². The van der Waals surface area contributed by atoms with E-state index < -0.39 is 27.8 Å². The second kappa shape index (κ2) is 10.6. The number of amides is 2. The lowest BCUT2D eigenvalue weighted by Crippen LogP contribution is -2.45. The molecule has 0 aliphatic rings. The van der Waals surface area contributed by atoms with Gasteiger partial charge in [-0.05, 0) is 49.6 Å². The summed E-state index contributed by atoms with van der Waals surface area (Å²) in [4.78, 5) is 27.3. The Morgan fingerprint density at radius 1 is 1.07 bits per heavy atom. The van der Waals surface area contributed by atoms with Crippen LogP contribution in [0, 0.1) is 5.92 Å². The number of nitrogens with two attached hydrogens (primary N) is 1. The maximum absolute atomic E-state index is 12.9. The summed E-state index contributed by atoms with van der Waals surface area (Å²) in [6, 6.07) is 15.7. The molecule has 2 amide bonds. The first-order chi connectivity index (χ1) is 14.3. The van der Waals surface area contributed by atoms with Gasteiger partial charge in [-0.1, -0.05) is 42.5 Å². The topological polar surface area (TPSA) is 110 Å². The van der Waals surface area contributed by atoms with E-state index in [1.165, 1.54) is 11.0 Å². The maximum Gasteiger partial charge on any atom is 0.257 e. The fourth-order valence-electron chi connectivity index (χ4n) is 2.98. The van der Waals surface area contributed by atoms with Crippen LogP contribution in [-0.2, 0) is 26.0 Å². The van der Waals surface area contributed by atoms with Crippen molar-refractivity contribution in [3.05, 3.63) is 71.1 Å². The van der Waals surface area contributed by atoms with E-state index in [-0.39, 0.29) is 6.42 Å². The average molecular weight is 430 g/mol. The third-order valence-electron chi connectivity index (χ3n) is 4.56. The fraction of sp³-hybridized carbons (Fsp3) is 0.273. The van der Waals surface area contributed by atoms with E-state index in [0.29, 0.717) is 29.9 Å². The van der Waals surface area contributed by atoms with Crippen LogP contribution in [0.4, 0.5) is 5.69 Å². The zero-order valence-corrected chi connectivity index (χ0v) is 17.9. The third-order valence-corrected chi connectivity index (χ3v) is 5.54. The molecule has 7 nitrogen and oxygen atoms in total. The second-order valence-electron chi connectivity index (χ2n) is 6.74. The lowest BCUT2D eigenvalue weighted by atomic mass is 9.97. The number of anilines is 1. The Kier molecular flexibility index (Phi) is 8.17. The molecule has 2 rings (SSSR count). The number of rotatable bonds is 9. The summed E-state index contributed by atoms with van der Waals surface area (Å²) in [5.74, 6) is -2.49. The monoisotopic (exact) mass is 429 g/mol. The molecular weight excluding hydrogens is 402 g/mol. The minimum absolute atomic E-state index is 0.0458. The van der Waals surface area contributed by atoms with Crippen molar-refractivity contribution in [1.82, 2.24) is 9.62 Å². The van der Waals surface area contributed by atoms with E-state index in [2.05, 4.69) is 0 Å². The second-order valence-corrected chi connectivity index (χ2v) is 8.30. The first-order valence-electron chi connectivity index (χ1n) is 9.68. The van der Waals surface area contributed by atoms with Gasteiger partial charge >= 0.3 is 0 Å². The maximum atomic E-state index is 12.9. The Hall–Kier alpha value is -3.13. The first kappa shape index (κ1) is 23.2. The molecule has 0 saturated heterocycles. The number of carbonyl (C=O) groups excluding carboxylic acids is 2. The van der Waals surface area contributed by atoms with Gasteiger partial charge < -0.3 is 10.6 Å². The molecule has 0 aliphatic carbocycles. The number of nitrogen functional groups attached to an aromatic ring is 1. The van der Waals surface area contributed by atoms with Crippen molar-refractivity contribution < 1.29 is 18.0 Å². The molecule has 1 atom stereocenters. The Labute approximate surface area is 177 Å². The molecule has 0 saturated carbocycles. The van der Waals surface area contributed by atoms with Gasteiger partial charge in [0.25, 0.3) is 10.0 Å². The zero-order valence-electron chi connectivity index (χ0n) is 17.1. The molecule has 0 fully saturated rings. The number of nitrogens with one attached hydrogen (secondary N) is 1. The largest absolute Gasteiger partial charge is 0.399 e. The van der Waals surface area contributed by atoms with Gasteiger partial charge in [0.2, 0.25) is 11.8 Å². The van der Waals surface area contributed by atoms with Crippen molar-refractivity contribution in [3.8, 4) is 0 Å². The average Bonchev–Trinajstić information content (AvgIpc) is 2.72. The fourth-order valence-corrected chi connectivity index (χ4v) is 3.81. The van der Waals surface area contributed by atoms with Gasteiger partial charge in [0, 0.05) is 18.8 Å². The highest BCUT2D eigenvalue weighted by atomic mass is 32.2. The minimum Gasteiger partial charge on any atom is -0.399 e. The summed E-state index contributed by atoms with van der Waals surface area (Å²) in [6.07, 6.45) is 1.43. The molecular formula is C22H27N3O4S. The van der Waals surface area contributed by atoms with Crippen LogP contribution in [-0.4, -0.2) is 38.2 Å². The molecule has 0 spiro atoms. The summed E-state index contributed by atoms with van der Waals surface area (Å²) in [7, 11) is -4.07. The molecule has 0 heterocycles. The Balaban J connectivity index is 2.24. The van der Waals surface area contributed by atoms with E-state index >= 15 is 0 Å². The van der Waals surface area contributed by atoms with Gasteiger partial charge in [-0.25, -0.2) is 13.1 Å². The number of nitrogens with zero attached hydrogens (tertiary/aromatic N) is 1. The van der Waals surface area contributed by atoms with Gasteiger partial charge in [-0.15, -0.1) is 0 Å². The van der Waals surface area contributed by atoms with Crippen LogP contribution in [0.2, 0.25) is 0 Å². The quantitative estimate of drug-likeness (QED) is 0.470. The normalized spacial score (nSPS) is 12.5. The smallest absolute Gasteiger partial charge is 0.257 e. The summed E-state index contributed by atoms with van der Waals surface area (Å²) in [5.41, 5.74) is 7.64. The first-order valence-corrected chi connectivity index (χ1v) is 11.2. The molecule has 3 N–H and O–H groups in total. The van der Waals surface area contributed by atoms with Crippen LogP contribution < -0.4 is 10.5 Å². The highest BCUT2D eigenvalue weighted by molar-refractivity contribution is 7.93. The Bertz CT molecular complexity index is 1000. The molecule has 2 aromatic rings. The number of sulfonamides is 1. The van der Waals surface area contributed by atoms with Gasteiger partial charge in [-0.3, -0.25) is 9.59 Å². The van der Waals surface area contributed by atoms with E-state index in [1.54, 1.807) is 62.4 Å². The van der Waals surface area contributed by atoms with Gasteiger partial charge in [0.15, 0.2) is 0 Å². The summed E-state index contributed by atoms with van der Waals surface area (Å²) < 4.78 is 26.8. The van der Waals surface area contributed by atoms with Crippen molar-refractivity contribution in [2.24, 2.45) is 5.92 Å². The predicted octanol–water partition coefficient (Wildman–Crippen LogP) is 2.41. The summed E-state index contributed by atoms with van der Waals surface area (Å²) in [5, 5.41) is 0.916. The van der Waals surface area contributed by atoms with Gasteiger partial charge in [-0.2, -0.15) is 0 Å². The third kappa shape index (κ3) is 6.73. The lowest BCUT2D eigenvalue weighted by molar-refractivity contribution is -0.141. The Morgan fingerprint density at radius 2 is 1.73 bits per heavy atom. The molecule has 2 aromatic carbocycles. The highest BCUT2D eigenvalue weighted by Gasteiger charge is 2.32. The van der Waals surface area contributed by atoms with Crippen molar-refractivity contribution >= 4 is 33.6 Å². The van der Waals surface area contributed by atoms with E-state index in [1.807, 2.05) is 10.8 Å². The Morgan fingerprint density at radius 3 is 2.33 bits per heavy atom. The molecule has 0 aromatic heterocycles. The molecule has 8 heteroatoms. The molecule has 160 valence electrons. The van der Waals surface area contributed by atoms with Crippen LogP contribution in [0.3, 0.4) is 0 Å². The SMILES string of the molecule is CCN(CC)C(=O)C(Cc1cccc(N)c1)C(=O)NS(=O)(=O)/C=C/c1ccccc1. The molecule has 30 heavy (non-hydrogen) atoms. The molecule has 0 bridgehead atoms. The molecule has 0 aliphatic heterocycles. The van der Waals surface area contributed by atoms with Crippen molar-refractivity contribution in [2.75, 3.05) is 18.8 Å². The van der Waals surface area contributed by atoms with Gasteiger partial charge in [0.1, 0.15) is 5.92 Å². The van der Waals surface area contributed by atoms with E-state index in [9.17, 15) is 18.0 Å². The van der Waals surface area contributed by atoms with Crippen LogP contribution >= 0.6 is 0 Å². The number of hydrogen-bond acceptors (Lipinski definition) is 5. The number of hydrogen-bond donors (Lipinski definition) is 2. The van der Waals surface area contributed by atoms with Crippen LogP contribution in [0.5, 0.6) is 0 Å². The summed E-state index contributed by atoms with van der Waals surface area (Å²) in [6.45, 7) is 4.43. The van der Waals surface area contributed by atoms with E-state index in [0.717, 1.165) is 5.41 Å².